The van der Waals surface area contributed by atoms with Crippen LogP contribution in [0.2, 0.25) is 0 Å². The van der Waals surface area contributed by atoms with Crippen molar-refractivity contribution in [3.8, 4) is 5.75 Å². The first kappa shape index (κ1) is 20.8. The van der Waals surface area contributed by atoms with E-state index in [-0.39, 0.29) is 0 Å². The average molecular weight is 381 g/mol. The highest BCUT2D eigenvalue weighted by molar-refractivity contribution is 5.76. The van der Waals surface area contributed by atoms with Crippen molar-refractivity contribution >= 4 is 5.97 Å². The molecule has 0 bridgehead atoms. The quantitative estimate of drug-likeness (QED) is 0.739. The summed E-state index contributed by atoms with van der Waals surface area (Å²) in [7, 11) is 0. The molecule has 4 nitrogen and oxygen atoms in total. The van der Waals surface area contributed by atoms with Gasteiger partial charge in [0.25, 0.3) is 0 Å². The number of ether oxygens (including phenoxy) is 1. The van der Waals surface area contributed by atoms with Crippen molar-refractivity contribution in [1.82, 2.24) is 5.32 Å². The van der Waals surface area contributed by atoms with Crippen LogP contribution in [0.1, 0.15) is 36.1 Å². The molecular weight excluding hydrogens is 359 g/mol. The van der Waals surface area contributed by atoms with E-state index in [0.717, 1.165) is 28.8 Å². The minimum atomic E-state index is -4.33. The van der Waals surface area contributed by atoms with Gasteiger partial charge in [-0.15, -0.1) is 0 Å². The molecule has 0 atom stereocenters. The summed E-state index contributed by atoms with van der Waals surface area (Å²) in [6, 6.07) is 10.5. The van der Waals surface area contributed by atoms with Crippen LogP contribution in [-0.4, -0.2) is 16.7 Å². The number of benzene rings is 2. The highest BCUT2D eigenvalue weighted by Gasteiger charge is 2.30. The molecule has 7 heteroatoms. The molecule has 0 aliphatic heterocycles. The van der Waals surface area contributed by atoms with Crippen molar-refractivity contribution in [2.24, 2.45) is 0 Å². The summed E-state index contributed by atoms with van der Waals surface area (Å²) in [5.74, 6) is -0.557. The number of carbonyl (C=O) groups is 1. The summed E-state index contributed by atoms with van der Waals surface area (Å²) in [5, 5.41) is 12.3. The molecule has 0 saturated carbocycles. The van der Waals surface area contributed by atoms with E-state index in [1.54, 1.807) is 6.07 Å². The predicted octanol–water partition coefficient (Wildman–Crippen LogP) is 4.55. The Hall–Kier alpha value is -2.54. The van der Waals surface area contributed by atoms with E-state index in [2.05, 4.69) is 5.32 Å². The number of aryl methyl sites for hydroxylation is 1. The maximum absolute atomic E-state index is 12.6. The number of rotatable bonds is 7. The SMILES string of the molecule is Cc1cc(CNCc2ccc(C(F)(F)F)cc2)ccc1OC(C)(C)C(=O)O. The van der Waals surface area contributed by atoms with Crippen molar-refractivity contribution in [1.29, 1.82) is 0 Å². The summed E-state index contributed by atoms with van der Waals surface area (Å²) in [5.41, 5.74) is 0.523. The Labute approximate surface area is 156 Å². The second-order valence-electron chi connectivity index (χ2n) is 6.82. The normalized spacial score (nSPS) is 12.1. The zero-order valence-electron chi connectivity index (χ0n) is 15.4. The molecule has 0 amide bonds. The van der Waals surface area contributed by atoms with Crippen LogP contribution in [0.5, 0.6) is 5.75 Å². The van der Waals surface area contributed by atoms with Gasteiger partial charge in [-0.3, -0.25) is 0 Å². The fraction of sp³-hybridized carbons (Fsp3) is 0.350. The van der Waals surface area contributed by atoms with Gasteiger partial charge in [0.15, 0.2) is 5.60 Å². The lowest BCUT2D eigenvalue weighted by Gasteiger charge is -2.23. The first-order valence-electron chi connectivity index (χ1n) is 8.38. The van der Waals surface area contributed by atoms with Crippen LogP contribution in [0, 0.1) is 6.92 Å². The van der Waals surface area contributed by atoms with E-state index in [4.69, 9.17) is 9.84 Å². The summed E-state index contributed by atoms with van der Waals surface area (Å²) >= 11 is 0. The summed E-state index contributed by atoms with van der Waals surface area (Å²) in [6.07, 6.45) is -4.33. The third kappa shape index (κ3) is 5.72. The highest BCUT2D eigenvalue weighted by Crippen LogP contribution is 2.29. The number of hydrogen-bond donors (Lipinski definition) is 2. The lowest BCUT2D eigenvalue weighted by atomic mass is 10.1. The number of carboxylic acid groups (broad SMARTS) is 1. The molecule has 27 heavy (non-hydrogen) atoms. The maximum Gasteiger partial charge on any atom is 0.416 e. The molecule has 0 unspecified atom stereocenters. The topological polar surface area (TPSA) is 58.6 Å². The van der Waals surface area contributed by atoms with Crippen LogP contribution in [0.3, 0.4) is 0 Å². The molecule has 0 heterocycles. The van der Waals surface area contributed by atoms with Crippen LogP contribution >= 0.6 is 0 Å². The van der Waals surface area contributed by atoms with Gasteiger partial charge in [0.05, 0.1) is 5.56 Å². The fourth-order valence-electron chi connectivity index (χ4n) is 2.42. The highest BCUT2D eigenvalue weighted by atomic mass is 19.4. The molecule has 0 spiro atoms. The molecule has 2 N–H and O–H groups in total. The molecule has 0 aromatic heterocycles. The predicted molar refractivity (Wildman–Crippen MR) is 95.5 cm³/mol. The molecule has 2 aromatic rings. The van der Waals surface area contributed by atoms with Gasteiger partial charge in [0.1, 0.15) is 5.75 Å². The summed E-state index contributed by atoms with van der Waals surface area (Å²) in [4.78, 5) is 11.2. The Morgan fingerprint density at radius 2 is 1.59 bits per heavy atom. The molecule has 0 aliphatic carbocycles. The van der Waals surface area contributed by atoms with Crippen molar-refractivity contribution in [2.45, 2.75) is 45.6 Å². The third-order valence-corrected chi connectivity index (χ3v) is 4.06. The second-order valence-corrected chi connectivity index (χ2v) is 6.82. The van der Waals surface area contributed by atoms with Crippen LogP contribution in [0.15, 0.2) is 42.5 Å². The zero-order valence-corrected chi connectivity index (χ0v) is 15.4. The van der Waals surface area contributed by atoms with Gasteiger partial charge in [0.2, 0.25) is 0 Å². The van der Waals surface area contributed by atoms with Crippen LogP contribution in [0.25, 0.3) is 0 Å². The van der Waals surface area contributed by atoms with Crippen molar-refractivity contribution in [3.63, 3.8) is 0 Å². The first-order chi connectivity index (χ1) is 12.5. The number of carboxylic acids is 1. The summed E-state index contributed by atoms with van der Waals surface area (Å²) in [6.45, 7) is 5.74. The standard InChI is InChI=1S/C20H22F3NO3/c1-13-10-15(6-9-17(13)27-19(2,3)18(25)26)12-24-11-14-4-7-16(8-5-14)20(21,22)23/h4-10,24H,11-12H2,1-3H3,(H,25,26). The molecule has 2 aromatic carbocycles. The Morgan fingerprint density at radius 3 is 2.11 bits per heavy atom. The summed E-state index contributed by atoms with van der Waals surface area (Å²) < 4.78 is 43.2. The molecule has 0 aliphatic rings. The zero-order chi connectivity index (χ0) is 20.2. The van der Waals surface area contributed by atoms with Gasteiger partial charge in [-0.05, 0) is 55.7 Å². The first-order valence-corrected chi connectivity index (χ1v) is 8.38. The molecule has 2 rings (SSSR count). The van der Waals surface area contributed by atoms with Crippen molar-refractivity contribution in [2.75, 3.05) is 0 Å². The number of nitrogens with one attached hydrogen (secondary N) is 1. The van der Waals surface area contributed by atoms with E-state index < -0.39 is 23.3 Å². The number of aliphatic carboxylic acids is 1. The molecule has 0 saturated heterocycles. The number of hydrogen-bond acceptors (Lipinski definition) is 3. The van der Waals surface area contributed by atoms with E-state index >= 15 is 0 Å². The molecular formula is C20H22F3NO3. The average Bonchev–Trinajstić information content (AvgIpc) is 2.57. The van der Waals surface area contributed by atoms with E-state index in [1.165, 1.54) is 26.0 Å². The van der Waals surface area contributed by atoms with Gasteiger partial charge >= 0.3 is 12.1 Å². The second kappa shape index (κ2) is 8.00. The minimum Gasteiger partial charge on any atom is -0.478 e. The smallest absolute Gasteiger partial charge is 0.416 e. The number of alkyl halides is 3. The molecule has 0 fully saturated rings. The Kier molecular flexibility index (Phi) is 6.15. The van der Waals surface area contributed by atoms with Gasteiger partial charge in [-0.1, -0.05) is 24.3 Å². The van der Waals surface area contributed by atoms with Crippen molar-refractivity contribution in [3.05, 3.63) is 64.7 Å². The van der Waals surface area contributed by atoms with Gasteiger partial charge in [-0.25, -0.2) is 4.79 Å². The lowest BCUT2D eigenvalue weighted by Crippen LogP contribution is -2.38. The van der Waals surface area contributed by atoms with Gasteiger partial charge < -0.3 is 15.2 Å². The molecule has 146 valence electrons. The Bertz CT molecular complexity index is 799. The molecule has 0 radical (unpaired) electrons. The fourth-order valence-corrected chi connectivity index (χ4v) is 2.42. The maximum atomic E-state index is 12.6. The van der Waals surface area contributed by atoms with Crippen LogP contribution in [0.4, 0.5) is 13.2 Å². The van der Waals surface area contributed by atoms with E-state index in [0.29, 0.717) is 18.8 Å². The van der Waals surface area contributed by atoms with Crippen molar-refractivity contribution < 1.29 is 27.8 Å². The van der Waals surface area contributed by atoms with Gasteiger partial charge in [0, 0.05) is 13.1 Å². The van der Waals surface area contributed by atoms with Crippen LogP contribution < -0.4 is 10.1 Å². The van der Waals surface area contributed by atoms with E-state index in [1.807, 2.05) is 19.1 Å². The Morgan fingerprint density at radius 1 is 1.04 bits per heavy atom. The number of halogens is 3. The van der Waals surface area contributed by atoms with Gasteiger partial charge in [-0.2, -0.15) is 13.2 Å². The monoisotopic (exact) mass is 381 g/mol. The largest absolute Gasteiger partial charge is 0.478 e. The lowest BCUT2D eigenvalue weighted by molar-refractivity contribution is -0.152. The third-order valence-electron chi connectivity index (χ3n) is 4.06. The Balaban J connectivity index is 1.93. The van der Waals surface area contributed by atoms with E-state index in [9.17, 15) is 18.0 Å². The minimum absolute atomic E-state index is 0.432. The van der Waals surface area contributed by atoms with Crippen LogP contribution in [-0.2, 0) is 24.1 Å².